The van der Waals surface area contributed by atoms with Crippen LogP contribution in [0.1, 0.15) is 0 Å². The number of hydrogen-bond donors (Lipinski definition) is 1. The average Bonchev–Trinajstić information content (AvgIpc) is 3.05. The van der Waals surface area contributed by atoms with Crippen LogP contribution in [0.25, 0.3) is 33.4 Å². The van der Waals surface area contributed by atoms with Crippen molar-refractivity contribution in [3.63, 3.8) is 0 Å². The van der Waals surface area contributed by atoms with Gasteiger partial charge in [-0.2, -0.15) is 0 Å². The van der Waals surface area contributed by atoms with Crippen molar-refractivity contribution < 1.29 is 0 Å². The SMILES string of the molecule is c1ccc(-c2nc(-c3cccc4ccccc34)c[nH]2)cc1. The Morgan fingerprint density at radius 3 is 2.38 bits per heavy atom. The molecule has 3 aromatic carbocycles. The Hall–Kier alpha value is -2.87. The van der Waals surface area contributed by atoms with Crippen molar-refractivity contribution in [1.82, 2.24) is 9.97 Å². The molecule has 0 aliphatic heterocycles. The highest BCUT2D eigenvalue weighted by molar-refractivity contribution is 5.95. The molecule has 0 bridgehead atoms. The molecule has 0 amide bonds. The highest BCUT2D eigenvalue weighted by Crippen LogP contribution is 2.28. The summed E-state index contributed by atoms with van der Waals surface area (Å²) >= 11 is 0. The lowest BCUT2D eigenvalue weighted by atomic mass is 10.0. The Bertz CT molecular complexity index is 886. The van der Waals surface area contributed by atoms with Crippen LogP contribution < -0.4 is 0 Å². The monoisotopic (exact) mass is 270 g/mol. The van der Waals surface area contributed by atoms with Gasteiger partial charge in [0.15, 0.2) is 0 Å². The van der Waals surface area contributed by atoms with E-state index in [0.717, 1.165) is 22.6 Å². The maximum absolute atomic E-state index is 4.75. The summed E-state index contributed by atoms with van der Waals surface area (Å²) in [5.74, 6) is 0.901. The van der Waals surface area contributed by atoms with Crippen LogP contribution in [0.3, 0.4) is 0 Å². The fourth-order valence-electron chi connectivity index (χ4n) is 2.65. The van der Waals surface area contributed by atoms with E-state index in [-0.39, 0.29) is 0 Å². The van der Waals surface area contributed by atoms with Crippen molar-refractivity contribution in [2.75, 3.05) is 0 Å². The van der Waals surface area contributed by atoms with Gasteiger partial charge in [-0.25, -0.2) is 4.98 Å². The second kappa shape index (κ2) is 4.91. The van der Waals surface area contributed by atoms with Crippen LogP contribution in [0.2, 0.25) is 0 Å². The summed E-state index contributed by atoms with van der Waals surface area (Å²) < 4.78 is 0. The van der Waals surface area contributed by atoms with Crippen molar-refractivity contribution >= 4 is 10.8 Å². The smallest absolute Gasteiger partial charge is 0.138 e. The number of aromatic nitrogens is 2. The van der Waals surface area contributed by atoms with E-state index < -0.39 is 0 Å². The first kappa shape index (κ1) is 11.9. The van der Waals surface area contributed by atoms with Crippen LogP contribution in [0.5, 0.6) is 0 Å². The normalized spacial score (nSPS) is 10.9. The van der Waals surface area contributed by atoms with Crippen LogP contribution in [0.15, 0.2) is 79.0 Å². The summed E-state index contributed by atoms with van der Waals surface area (Å²) in [6.07, 6.45) is 1.98. The summed E-state index contributed by atoms with van der Waals surface area (Å²) in [7, 11) is 0. The number of benzene rings is 3. The zero-order valence-electron chi connectivity index (χ0n) is 11.5. The molecule has 0 aliphatic carbocycles. The third kappa shape index (κ3) is 2.11. The van der Waals surface area contributed by atoms with Crippen LogP contribution in [-0.4, -0.2) is 9.97 Å². The number of nitrogens with zero attached hydrogens (tertiary/aromatic N) is 1. The van der Waals surface area contributed by atoms with Crippen molar-refractivity contribution in [3.8, 4) is 22.6 Å². The van der Waals surface area contributed by atoms with Gasteiger partial charge in [0.05, 0.1) is 5.69 Å². The quantitative estimate of drug-likeness (QED) is 0.551. The third-order valence-corrected chi connectivity index (χ3v) is 3.69. The van der Waals surface area contributed by atoms with E-state index in [0.29, 0.717) is 0 Å². The summed E-state index contributed by atoms with van der Waals surface area (Å²) in [5.41, 5.74) is 3.24. The molecule has 0 atom stereocenters. The first-order valence-electron chi connectivity index (χ1n) is 7.01. The van der Waals surface area contributed by atoms with Crippen LogP contribution in [0.4, 0.5) is 0 Å². The molecule has 100 valence electrons. The molecule has 0 saturated carbocycles. The summed E-state index contributed by atoms with van der Waals surface area (Å²) in [6.45, 7) is 0. The Morgan fingerprint density at radius 2 is 1.48 bits per heavy atom. The van der Waals surface area contributed by atoms with Gasteiger partial charge in [-0.3, -0.25) is 0 Å². The van der Waals surface area contributed by atoms with Crippen molar-refractivity contribution in [2.24, 2.45) is 0 Å². The maximum atomic E-state index is 4.75. The van der Waals surface area contributed by atoms with Gasteiger partial charge >= 0.3 is 0 Å². The Balaban J connectivity index is 1.85. The van der Waals surface area contributed by atoms with E-state index in [1.165, 1.54) is 10.8 Å². The molecule has 2 nitrogen and oxygen atoms in total. The van der Waals surface area contributed by atoms with Crippen molar-refractivity contribution in [3.05, 3.63) is 79.0 Å². The molecule has 1 aromatic heterocycles. The lowest BCUT2D eigenvalue weighted by molar-refractivity contribution is 1.31. The van der Waals surface area contributed by atoms with Gasteiger partial charge in [0.1, 0.15) is 5.82 Å². The fourth-order valence-corrected chi connectivity index (χ4v) is 2.65. The zero-order valence-corrected chi connectivity index (χ0v) is 11.5. The summed E-state index contributed by atoms with van der Waals surface area (Å²) in [6, 6.07) is 24.9. The van der Waals surface area contributed by atoms with Gasteiger partial charge in [0, 0.05) is 17.3 Å². The number of imidazole rings is 1. The number of nitrogens with one attached hydrogen (secondary N) is 1. The van der Waals surface area contributed by atoms with Crippen LogP contribution in [-0.2, 0) is 0 Å². The van der Waals surface area contributed by atoms with E-state index in [9.17, 15) is 0 Å². The molecule has 0 spiro atoms. The maximum Gasteiger partial charge on any atom is 0.138 e. The minimum Gasteiger partial charge on any atom is -0.344 e. The minimum absolute atomic E-state index is 0.901. The molecule has 0 aliphatic rings. The van der Waals surface area contributed by atoms with Crippen molar-refractivity contribution in [1.29, 1.82) is 0 Å². The van der Waals surface area contributed by atoms with Gasteiger partial charge in [-0.05, 0) is 10.8 Å². The molecule has 0 radical (unpaired) electrons. The van der Waals surface area contributed by atoms with Crippen LogP contribution in [0, 0.1) is 0 Å². The Kier molecular flexibility index (Phi) is 2.79. The molecular weight excluding hydrogens is 256 g/mol. The second-order valence-electron chi connectivity index (χ2n) is 5.03. The summed E-state index contributed by atoms with van der Waals surface area (Å²) in [5, 5.41) is 2.46. The molecule has 2 heteroatoms. The molecule has 0 fully saturated rings. The fraction of sp³-hybridized carbons (Fsp3) is 0. The lowest BCUT2D eigenvalue weighted by Crippen LogP contribution is -1.82. The summed E-state index contributed by atoms with van der Waals surface area (Å²) in [4.78, 5) is 8.02. The molecular formula is C19H14N2. The predicted octanol–water partition coefficient (Wildman–Crippen LogP) is 4.90. The topological polar surface area (TPSA) is 28.7 Å². The van der Waals surface area contributed by atoms with E-state index in [4.69, 9.17) is 4.98 Å². The number of hydrogen-bond acceptors (Lipinski definition) is 1. The first-order chi connectivity index (χ1) is 10.4. The molecule has 1 heterocycles. The van der Waals surface area contributed by atoms with Gasteiger partial charge < -0.3 is 4.98 Å². The van der Waals surface area contributed by atoms with E-state index in [1.807, 2.05) is 24.4 Å². The minimum atomic E-state index is 0.901. The molecule has 4 rings (SSSR count). The van der Waals surface area contributed by atoms with Gasteiger partial charge in [0.2, 0.25) is 0 Å². The number of aromatic amines is 1. The average molecular weight is 270 g/mol. The molecule has 21 heavy (non-hydrogen) atoms. The van der Waals surface area contributed by atoms with E-state index >= 15 is 0 Å². The zero-order chi connectivity index (χ0) is 14.1. The Morgan fingerprint density at radius 1 is 0.714 bits per heavy atom. The Labute approximate surface area is 123 Å². The lowest BCUT2D eigenvalue weighted by Gasteiger charge is -2.03. The highest BCUT2D eigenvalue weighted by atomic mass is 14.9. The van der Waals surface area contributed by atoms with Gasteiger partial charge in [0.25, 0.3) is 0 Å². The first-order valence-corrected chi connectivity index (χ1v) is 7.01. The number of rotatable bonds is 2. The highest BCUT2D eigenvalue weighted by Gasteiger charge is 2.08. The molecule has 1 N–H and O–H groups in total. The second-order valence-corrected chi connectivity index (χ2v) is 5.03. The third-order valence-electron chi connectivity index (χ3n) is 3.69. The molecule has 4 aromatic rings. The van der Waals surface area contributed by atoms with Crippen molar-refractivity contribution in [2.45, 2.75) is 0 Å². The van der Waals surface area contributed by atoms with Crippen LogP contribution >= 0.6 is 0 Å². The standard InChI is InChI=1S/C19H14N2/c1-2-8-15(9-3-1)19-20-13-18(21-19)17-12-6-10-14-7-4-5-11-16(14)17/h1-13H,(H,20,21). The van der Waals surface area contributed by atoms with E-state index in [1.54, 1.807) is 0 Å². The number of fused-ring (bicyclic) bond motifs is 1. The predicted molar refractivity (Wildman–Crippen MR) is 87.0 cm³/mol. The molecule has 0 saturated heterocycles. The molecule has 0 unspecified atom stereocenters. The van der Waals surface area contributed by atoms with E-state index in [2.05, 4.69) is 59.6 Å². The van der Waals surface area contributed by atoms with Gasteiger partial charge in [-0.15, -0.1) is 0 Å². The largest absolute Gasteiger partial charge is 0.344 e. The van der Waals surface area contributed by atoms with Gasteiger partial charge in [-0.1, -0.05) is 72.8 Å². The number of H-pyrrole nitrogens is 1.